The summed E-state index contributed by atoms with van der Waals surface area (Å²) < 4.78 is 10.6. The molecule has 1 saturated heterocycles. The predicted octanol–water partition coefficient (Wildman–Crippen LogP) is 3.25. The van der Waals surface area contributed by atoms with Gasteiger partial charge in [0.1, 0.15) is 5.75 Å². The van der Waals surface area contributed by atoms with Crippen LogP contribution in [0.2, 0.25) is 5.02 Å². The molecule has 0 radical (unpaired) electrons. The summed E-state index contributed by atoms with van der Waals surface area (Å²) in [6.07, 6.45) is 0. The Labute approximate surface area is 105 Å². The fourth-order valence-corrected chi connectivity index (χ4v) is 2.32. The SMILES string of the molecule is CCOc1ccc(C2(CCl)COC2)cc1Cl. The fraction of sp³-hybridized carbons (Fsp3) is 0.500. The predicted molar refractivity (Wildman–Crippen MR) is 65.8 cm³/mol. The summed E-state index contributed by atoms with van der Waals surface area (Å²) in [5, 5.41) is 0.635. The lowest BCUT2D eigenvalue weighted by atomic mass is 9.80. The third kappa shape index (κ3) is 2.02. The van der Waals surface area contributed by atoms with E-state index in [4.69, 9.17) is 32.7 Å². The van der Waals surface area contributed by atoms with Crippen molar-refractivity contribution in [2.75, 3.05) is 25.7 Å². The molecule has 2 nitrogen and oxygen atoms in total. The van der Waals surface area contributed by atoms with Gasteiger partial charge in [-0.1, -0.05) is 17.7 Å². The van der Waals surface area contributed by atoms with Gasteiger partial charge in [-0.2, -0.15) is 0 Å². The number of halogens is 2. The molecule has 0 amide bonds. The molecular formula is C12H14Cl2O2. The summed E-state index contributed by atoms with van der Waals surface area (Å²) in [6, 6.07) is 5.84. The first kappa shape index (κ1) is 12.0. The molecule has 16 heavy (non-hydrogen) atoms. The summed E-state index contributed by atoms with van der Waals surface area (Å²) in [7, 11) is 0. The molecule has 0 aromatic heterocycles. The van der Waals surface area contributed by atoms with Crippen molar-refractivity contribution in [1.82, 2.24) is 0 Å². The van der Waals surface area contributed by atoms with Crippen LogP contribution in [0.15, 0.2) is 18.2 Å². The van der Waals surface area contributed by atoms with Gasteiger partial charge in [0.05, 0.1) is 30.3 Å². The van der Waals surface area contributed by atoms with E-state index >= 15 is 0 Å². The molecule has 1 aliphatic heterocycles. The minimum Gasteiger partial charge on any atom is -0.492 e. The first-order chi connectivity index (χ1) is 7.72. The van der Waals surface area contributed by atoms with Gasteiger partial charge in [0.25, 0.3) is 0 Å². The van der Waals surface area contributed by atoms with Gasteiger partial charge in [0, 0.05) is 5.88 Å². The Kier molecular flexibility index (Phi) is 3.63. The highest BCUT2D eigenvalue weighted by Gasteiger charge is 2.39. The van der Waals surface area contributed by atoms with Gasteiger partial charge >= 0.3 is 0 Å². The largest absolute Gasteiger partial charge is 0.492 e. The Hall–Kier alpha value is -0.440. The Morgan fingerprint density at radius 1 is 1.44 bits per heavy atom. The molecule has 1 aliphatic rings. The van der Waals surface area contributed by atoms with Crippen LogP contribution in [0.3, 0.4) is 0 Å². The van der Waals surface area contributed by atoms with Crippen molar-refractivity contribution >= 4 is 23.2 Å². The Morgan fingerprint density at radius 2 is 2.19 bits per heavy atom. The Bertz CT molecular complexity index is 370. The number of alkyl halides is 1. The van der Waals surface area contributed by atoms with Gasteiger partial charge in [-0.3, -0.25) is 0 Å². The van der Waals surface area contributed by atoms with E-state index < -0.39 is 0 Å². The minimum absolute atomic E-state index is 0.0596. The van der Waals surface area contributed by atoms with E-state index in [1.165, 1.54) is 0 Å². The monoisotopic (exact) mass is 260 g/mol. The van der Waals surface area contributed by atoms with Crippen molar-refractivity contribution in [3.05, 3.63) is 28.8 Å². The molecular weight excluding hydrogens is 247 g/mol. The summed E-state index contributed by atoms with van der Waals surface area (Å²) in [5.41, 5.74) is 1.07. The summed E-state index contributed by atoms with van der Waals surface area (Å²) >= 11 is 12.1. The van der Waals surface area contributed by atoms with Gasteiger partial charge in [-0.25, -0.2) is 0 Å². The molecule has 2 rings (SSSR count). The second-order valence-corrected chi connectivity index (χ2v) is 4.66. The summed E-state index contributed by atoms with van der Waals surface area (Å²) in [4.78, 5) is 0. The van der Waals surface area contributed by atoms with Gasteiger partial charge < -0.3 is 9.47 Å². The first-order valence-corrected chi connectivity index (χ1v) is 6.19. The second kappa shape index (κ2) is 4.82. The average Bonchev–Trinajstić information content (AvgIpc) is 2.21. The van der Waals surface area contributed by atoms with Gasteiger partial charge in [0.15, 0.2) is 0 Å². The van der Waals surface area contributed by atoms with E-state index in [2.05, 4.69) is 0 Å². The molecule has 0 unspecified atom stereocenters. The maximum Gasteiger partial charge on any atom is 0.137 e. The van der Waals surface area contributed by atoms with E-state index in [0.29, 0.717) is 30.7 Å². The normalized spacial score (nSPS) is 17.9. The summed E-state index contributed by atoms with van der Waals surface area (Å²) in [6.45, 7) is 3.88. The number of hydrogen-bond acceptors (Lipinski definition) is 2. The van der Waals surface area contributed by atoms with Crippen molar-refractivity contribution < 1.29 is 9.47 Å². The molecule has 1 aromatic carbocycles. The Morgan fingerprint density at radius 3 is 2.62 bits per heavy atom. The third-order valence-corrected chi connectivity index (χ3v) is 3.66. The molecule has 1 fully saturated rings. The van der Waals surface area contributed by atoms with Crippen molar-refractivity contribution in [3.63, 3.8) is 0 Å². The molecule has 88 valence electrons. The van der Waals surface area contributed by atoms with Crippen molar-refractivity contribution in [2.24, 2.45) is 0 Å². The molecule has 1 aromatic rings. The lowest BCUT2D eigenvalue weighted by Gasteiger charge is -2.40. The molecule has 4 heteroatoms. The van der Waals surface area contributed by atoms with Crippen LogP contribution >= 0.6 is 23.2 Å². The van der Waals surface area contributed by atoms with Crippen LogP contribution in [0.5, 0.6) is 5.75 Å². The van der Waals surface area contributed by atoms with Crippen LogP contribution in [-0.4, -0.2) is 25.7 Å². The van der Waals surface area contributed by atoms with Crippen LogP contribution < -0.4 is 4.74 Å². The molecule has 0 bridgehead atoms. The van der Waals surface area contributed by atoms with Crippen molar-refractivity contribution in [1.29, 1.82) is 0 Å². The zero-order valence-electron chi connectivity index (χ0n) is 9.13. The van der Waals surface area contributed by atoms with E-state index in [1.54, 1.807) is 0 Å². The average molecular weight is 261 g/mol. The quantitative estimate of drug-likeness (QED) is 0.774. The highest BCUT2D eigenvalue weighted by atomic mass is 35.5. The van der Waals surface area contributed by atoms with Gasteiger partial charge in [-0.15, -0.1) is 11.6 Å². The fourth-order valence-electron chi connectivity index (χ4n) is 1.77. The van der Waals surface area contributed by atoms with E-state index in [-0.39, 0.29) is 5.41 Å². The maximum absolute atomic E-state index is 6.14. The highest BCUT2D eigenvalue weighted by Crippen LogP contribution is 2.37. The molecule has 1 heterocycles. The lowest BCUT2D eigenvalue weighted by Crippen LogP contribution is -2.48. The number of hydrogen-bond donors (Lipinski definition) is 0. The molecule has 0 aliphatic carbocycles. The molecule has 0 saturated carbocycles. The van der Waals surface area contributed by atoms with Crippen LogP contribution in [0.4, 0.5) is 0 Å². The smallest absolute Gasteiger partial charge is 0.137 e. The Balaban J connectivity index is 2.26. The number of ether oxygens (including phenoxy) is 2. The minimum atomic E-state index is -0.0596. The van der Waals surface area contributed by atoms with E-state index in [0.717, 1.165) is 11.3 Å². The highest BCUT2D eigenvalue weighted by molar-refractivity contribution is 6.32. The van der Waals surface area contributed by atoms with Crippen LogP contribution in [-0.2, 0) is 10.2 Å². The van der Waals surface area contributed by atoms with E-state index in [1.807, 2.05) is 25.1 Å². The van der Waals surface area contributed by atoms with Crippen molar-refractivity contribution in [3.8, 4) is 5.75 Å². The van der Waals surface area contributed by atoms with E-state index in [9.17, 15) is 0 Å². The molecule has 0 atom stereocenters. The standard InChI is InChI=1S/C12H14Cl2O2/c1-2-16-11-4-3-9(5-10(11)14)12(6-13)7-15-8-12/h3-5H,2,6-8H2,1H3. The topological polar surface area (TPSA) is 18.5 Å². The van der Waals surface area contributed by atoms with Gasteiger partial charge in [0.2, 0.25) is 0 Å². The zero-order valence-corrected chi connectivity index (χ0v) is 10.6. The first-order valence-electron chi connectivity index (χ1n) is 5.28. The third-order valence-electron chi connectivity index (χ3n) is 2.86. The zero-order chi connectivity index (χ0) is 11.6. The number of rotatable bonds is 4. The lowest BCUT2D eigenvalue weighted by molar-refractivity contribution is -0.0480. The molecule has 0 N–H and O–H groups in total. The van der Waals surface area contributed by atoms with Crippen LogP contribution in [0.1, 0.15) is 12.5 Å². The van der Waals surface area contributed by atoms with Gasteiger partial charge in [-0.05, 0) is 24.6 Å². The maximum atomic E-state index is 6.14. The van der Waals surface area contributed by atoms with Crippen LogP contribution in [0, 0.1) is 0 Å². The number of benzene rings is 1. The van der Waals surface area contributed by atoms with Crippen LogP contribution in [0.25, 0.3) is 0 Å². The summed E-state index contributed by atoms with van der Waals surface area (Å²) in [5.74, 6) is 1.27. The molecule has 0 spiro atoms. The van der Waals surface area contributed by atoms with Crippen molar-refractivity contribution in [2.45, 2.75) is 12.3 Å². The second-order valence-electron chi connectivity index (χ2n) is 3.98.